The van der Waals surface area contributed by atoms with Gasteiger partial charge in [0.2, 0.25) is 0 Å². The minimum atomic E-state index is -0.361. The van der Waals surface area contributed by atoms with Gasteiger partial charge in [-0.15, -0.1) is 0 Å². The summed E-state index contributed by atoms with van der Waals surface area (Å²) in [5.74, 6) is 0.835. The van der Waals surface area contributed by atoms with Crippen LogP contribution in [0.1, 0.15) is 29.3 Å². The number of rotatable bonds is 6. The lowest BCUT2D eigenvalue weighted by Gasteiger charge is -2.10. The average molecular weight is 378 g/mol. The monoisotopic (exact) mass is 378 g/mol. The molecule has 0 aliphatic carbocycles. The van der Waals surface area contributed by atoms with Crippen LogP contribution in [0.3, 0.4) is 0 Å². The van der Waals surface area contributed by atoms with E-state index < -0.39 is 0 Å². The van der Waals surface area contributed by atoms with Gasteiger partial charge in [-0.05, 0) is 42.0 Å². The van der Waals surface area contributed by atoms with E-state index in [2.05, 4.69) is 15.1 Å². The molecule has 2 aromatic heterocycles. The van der Waals surface area contributed by atoms with Crippen LogP contribution in [0, 0.1) is 5.82 Å². The van der Waals surface area contributed by atoms with Crippen LogP contribution in [0.15, 0.2) is 66.1 Å². The number of pyridine rings is 2. The highest BCUT2D eigenvalue weighted by atomic mass is 19.1. The second kappa shape index (κ2) is 8.04. The molecular weight excluding hydrogens is 359 g/mol. The Hall–Kier alpha value is -3.48. The minimum Gasteiger partial charge on any atom is -0.487 e. The lowest BCUT2D eigenvalue weighted by Crippen LogP contribution is -2.06. The smallest absolute Gasteiger partial charge is 0.161 e. The van der Waals surface area contributed by atoms with Gasteiger partial charge in [0.1, 0.15) is 24.0 Å². The van der Waals surface area contributed by atoms with E-state index in [1.165, 1.54) is 12.3 Å². The molecule has 0 bridgehead atoms. The molecule has 6 nitrogen and oxygen atoms in total. The lowest BCUT2D eigenvalue weighted by atomic mass is 10.0. The molecule has 0 saturated heterocycles. The van der Waals surface area contributed by atoms with Gasteiger partial charge < -0.3 is 15.3 Å². The van der Waals surface area contributed by atoms with Crippen LogP contribution < -0.4 is 10.5 Å². The third-order valence-electron chi connectivity index (χ3n) is 4.46. The first-order valence-electron chi connectivity index (χ1n) is 8.91. The number of nitrogen functional groups attached to an aromatic ring is 1. The van der Waals surface area contributed by atoms with Crippen molar-refractivity contribution in [3.8, 4) is 5.75 Å². The van der Waals surface area contributed by atoms with Gasteiger partial charge in [0, 0.05) is 24.6 Å². The van der Waals surface area contributed by atoms with Gasteiger partial charge in [-0.25, -0.2) is 9.37 Å². The summed E-state index contributed by atoms with van der Waals surface area (Å²) in [5, 5.41) is 4.20. The van der Waals surface area contributed by atoms with E-state index in [-0.39, 0.29) is 18.5 Å². The summed E-state index contributed by atoms with van der Waals surface area (Å²) in [5.41, 5.74) is 9.51. The van der Waals surface area contributed by atoms with Crippen molar-refractivity contribution in [3.63, 3.8) is 0 Å². The summed E-state index contributed by atoms with van der Waals surface area (Å²) in [4.78, 5) is 13.6. The molecule has 2 N–H and O–H groups in total. The Kier molecular flexibility index (Phi) is 5.14. The largest absolute Gasteiger partial charge is 0.487 e. The third kappa shape index (κ3) is 4.25. The van der Waals surface area contributed by atoms with Crippen LogP contribution in [-0.4, -0.2) is 15.7 Å². The molecule has 1 aromatic carbocycles. The molecule has 3 aromatic rings. The number of anilines is 1. The summed E-state index contributed by atoms with van der Waals surface area (Å²) in [6, 6.07) is 14.5. The molecule has 0 spiro atoms. The third-order valence-corrected chi connectivity index (χ3v) is 4.46. The van der Waals surface area contributed by atoms with E-state index >= 15 is 0 Å². The van der Waals surface area contributed by atoms with E-state index in [4.69, 9.17) is 15.3 Å². The van der Waals surface area contributed by atoms with Crippen LogP contribution in [0.4, 0.5) is 10.2 Å². The number of halogens is 1. The van der Waals surface area contributed by atoms with E-state index in [9.17, 15) is 4.39 Å². The molecule has 3 heterocycles. The molecule has 0 radical (unpaired) electrons. The molecular formula is C21H19FN4O2. The molecule has 1 aliphatic rings. The zero-order valence-corrected chi connectivity index (χ0v) is 15.1. The van der Waals surface area contributed by atoms with Crippen molar-refractivity contribution in [3.05, 3.63) is 83.6 Å². The van der Waals surface area contributed by atoms with Crippen molar-refractivity contribution in [1.82, 2.24) is 9.97 Å². The minimum absolute atomic E-state index is 0.186. The molecule has 28 heavy (non-hydrogen) atoms. The Morgan fingerprint density at radius 1 is 1.11 bits per heavy atom. The molecule has 0 fully saturated rings. The molecule has 4 rings (SSSR count). The van der Waals surface area contributed by atoms with Crippen molar-refractivity contribution < 1.29 is 14.0 Å². The second-order valence-corrected chi connectivity index (χ2v) is 6.51. The SMILES string of the molecule is Nc1ncccc1C1CC(Cc2ccc(OCc3ccc(F)cn3)cc2)=NO1. The fourth-order valence-corrected chi connectivity index (χ4v) is 2.99. The topological polar surface area (TPSA) is 82.6 Å². The number of nitrogens with two attached hydrogens (primary N) is 1. The Balaban J connectivity index is 1.31. The van der Waals surface area contributed by atoms with Crippen molar-refractivity contribution in [1.29, 1.82) is 0 Å². The summed E-state index contributed by atoms with van der Waals surface area (Å²) in [6.07, 6.45) is 4.03. The van der Waals surface area contributed by atoms with Crippen molar-refractivity contribution in [2.75, 3.05) is 5.73 Å². The van der Waals surface area contributed by atoms with Crippen LogP contribution in [0.5, 0.6) is 5.75 Å². The Bertz CT molecular complexity index is 974. The predicted molar refractivity (Wildman–Crippen MR) is 103 cm³/mol. The van der Waals surface area contributed by atoms with E-state index in [0.717, 1.165) is 22.6 Å². The van der Waals surface area contributed by atoms with Gasteiger partial charge in [-0.3, -0.25) is 4.98 Å². The molecule has 1 atom stereocenters. The highest BCUT2D eigenvalue weighted by molar-refractivity contribution is 5.87. The van der Waals surface area contributed by atoms with Crippen LogP contribution in [-0.2, 0) is 17.9 Å². The maximum atomic E-state index is 12.9. The Morgan fingerprint density at radius 2 is 1.96 bits per heavy atom. The Morgan fingerprint density at radius 3 is 2.71 bits per heavy atom. The highest BCUT2D eigenvalue weighted by Crippen LogP contribution is 2.30. The molecule has 142 valence electrons. The van der Waals surface area contributed by atoms with Gasteiger partial charge in [0.15, 0.2) is 6.10 Å². The molecule has 7 heteroatoms. The van der Waals surface area contributed by atoms with E-state index in [0.29, 0.717) is 24.4 Å². The highest BCUT2D eigenvalue weighted by Gasteiger charge is 2.24. The van der Waals surface area contributed by atoms with Gasteiger partial charge in [0.05, 0.1) is 17.6 Å². The first-order valence-corrected chi connectivity index (χ1v) is 8.91. The molecule has 0 amide bonds. The van der Waals surface area contributed by atoms with Crippen LogP contribution in [0.25, 0.3) is 0 Å². The summed E-state index contributed by atoms with van der Waals surface area (Å²) in [6.45, 7) is 0.286. The molecule has 1 aliphatic heterocycles. The number of hydrogen-bond donors (Lipinski definition) is 1. The maximum Gasteiger partial charge on any atom is 0.161 e. The second-order valence-electron chi connectivity index (χ2n) is 6.51. The number of hydrogen-bond acceptors (Lipinski definition) is 6. The van der Waals surface area contributed by atoms with Gasteiger partial charge in [-0.1, -0.05) is 17.3 Å². The summed E-state index contributed by atoms with van der Waals surface area (Å²) in [7, 11) is 0. The Labute approximate surface area is 161 Å². The van der Waals surface area contributed by atoms with Crippen molar-refractivity contribution >= 4 is 11.5 Å². The number of nitrogens with zero attached hydrogens (tertiary/aromatic N) is 3. The summed E-state index contributed by atoms with van der Waals surface area (Å²) >= 11 is 0. The predicted octanol–water partition coefficient (Wildman–Crippen LogP) is 3.84. The fraction of sp³-hybridized carbons (Fsp3) is 0.190. The van der Waals surface area contributed by atoms with Gasteiger partial charge in [0.25, 0.3) is 0 Å². The van der Waals surface area contributed by atoms with Crippen molar-refractivity contribution in [2.24, 2.45) is 5.16 Å². The molecule has 0 saturated carbocycles. The number of oxime groups is 1. The normalized spacial score (nSPS) is 15.8. The lowest BCUT2D eigenvalue weighted by molar-refractivity contribution is 0.0860. The first kappa shape index (κ1) is 17.9. The van der Waals surface area contributed by atoms with Crippen LogP contribution >= 0.6 is 0 Å². The van der Waals surface area contributed by atoms with Crippen molar-refractivity contribution in [2.45, 2.75) is 25.6 Å². The average Bonchev–Trinajstić information content (AvgIpc) is 3.17. The number of benzene rings is 1. The van der Waals surface area contributed by atoms with E-state index in [1.54, 1.807) is 12.3 Å². The number of aromatic nitrogens is 2. The van der Waals surface area contributed by atoms with Crippen LogP contribution in [0.2, 0.25) is 0 Å². The maximum absolute atomic E-state index is 12.9. The first-order chi connectivity index (χ1) is 13.7. The summed E-state index contributed by atoms with van der Waals surface area (Å²) < 4.78 is 18.6. The number of ether oxygens (including phenoxy) is 1. The van der Waals surface area contributed by atoms with Gasteiger partial charge in [-0.2, -0.15) is 0 Å². The zero-order chi connectivity index (χ0) is 19.3. The quantitative estimate of drug-likeness (QED) is 0.705. The standard InChI is InChI=1S/C21H19FN4O2/c22-15-5-6-16(25-12-15)13-27-18-7-3-14(4-8-18)10-17-11-20(28-26-17)19-2-1-9-24-21(19)23/h1-9,12,20H,10-11,13H2,(H2,23,24). The van der Waals surface area contributed by atoms with Gasteiger partial charge >= 0.3 is 0 Å². The molecule has 1 unspecified atom stereocenters. The fourth-order valence-electron chi connectivity index (χ4n) is 2.99. The van der Waals surface area contributed by atoms with E-state index in [1.807, 2.05) is 36.4 Å². The zero-order valence-electron chi connectivity index (χ0n) is 15.1.